The van der Waals surface area contributed by atoms with Crippen molar-refractivity contribution >= 4 is 17.4 Å². The predicted molar refractivity (Wildman–Crippen MR) is 95.9 cm³/mol. The van der Waals surface area contributed by atoms with E-state index in [2.05, 4.69) is 10.4 Å². The minimum absolute atomic E-state index is 0.213. The molecule has 0 radical (unpaired) electrons. The molecule has 1 aromatic heterocycles. The van der Waals surface area contributed by atoms with Crippen LogP contribution in [0, 0.1) is 6.92 Å². The molecule has 26 heavy (non-hydrogen) atoms. The maximum Gasteiger partial charge on any atom is 0.416 e. The number of hydrogen-bond donors (Lipinski definition) is 1. The standard InChI is InChI=1S/C19H15ClF3N3/c1-11-2-4-12(5-3-11)17-14-8-9-24-18(14)26(25-17)16-10-13(19(21,22)23)6-7-15(16)20/h2-7,10,24H,8-9H2,1H3. The summed E-state index contributed by atoms with van der Waals surface area (Å²) in [6, 6.07) is 11.2. The summed E-state index contributed by atoms with van der Waals surface area (Å²) < 4.78 is 40.8. The van der Waals surface area contributed by atoms with Crippen LogP contribution < -0.4 is 5.32 Å². The highest BCUT2D eigenvalue weighted by atomic mass is 35.5. The quantitative estimate of drug-likeness (QED) is 0.640. The molecule has 0 saturated heterocycles. The third kappa shape index (κ3) is 2.84. The lowest BCUT2D eigenvalue weighted by Crippen LogP contribution is -2.09. The maximum absolute atomic E-state index is 13.1. The van der Waals surface area contributed by atoms with Crippen molar-refractivity contribution in [2.24, 2.45) is 0 Å². The lowest BCUT2D eigenvalue weighted by molar-refractivity contribution is -0.137. The molecule has 0 atom stereocenters. The zero-order valence-corrected chi connectivity index (χ0v) is 14.6. The van der Waals surface area contributed by atoms with Crippen LogP contribution in [0.25, 0.3) is 16.9 Å². The summed E-state index contributed by atoms with van der Waals surface area (Å²) in [5, 5.41) is 8.02. The molecule has 2 aromatic carbocycles. The van der Waals surface area contributed by atoms with E-state index in [0.29, 0.717) is 12.4 Å². The fourth-order valence-corrected chi connectivity index (χ4v) is 3.34. The van der Waals surface area contributed by atoms with Crippen LogP contribution in [0.1, 0.15) is 16.7 Å². The first-order valence-corrected chi connectivity index (χ1v) is 8.52. The highest BCUT2D eigenvalue weighted by Gasteiger charge is 2.32. The highest BCUT2D eigenvalue weighted by molar-refractivity contribution is 6.32. The van der Waals surface area contributed by atoms with Gasteiger partial charge in [0.2, 0.25) is 0 Å². The van der Waals surface area contributed by atoms with E-state index in [1.165, 1.54) is 10.7 Å². The van der Waals surface area contributed by atoms with Crippen LogP contribution in [-0.2, 0) is 12.6 Å². The average Bonchev–Trinajstić information content (AvgIpc) is 3.18. The van der Waals surface area contributed by atoms with Crippen LogP contribution in [-0.4, -0.2) is 16.3 Å². The van der Waals surface area contributed by atoms with Gasteiger partial charge < -0.3 is 5.32 Å². The van der Waals surface area contributed by atoms with Crippen molar-refractivity contribution < 1.29 is 13.2 Å². The number of anilines is 1. The molecule has 0 unspecified atom stereocenters. The first-order chi connectivity index (χ1) is 12.3. The Morgan fingerprint density at radius 2 is 1.85 bits per heavy atom. The van der Waals surface area contributed by atoms with E-state index < -0.39 is 11.7 Å². The first-order valence-electron chi connectivity index (χ1n) is 8.14. The van der Waals surface area contributed by atoms with Crippen molar-refractivity contribution in [1.82, 2.24) is 9.78 Å². The maximum atomic E-state index is 13.1. The van der Waals surface area contributed by atoms with Crippen LogP contribution in [0.5, 0.6) is 0 Å². The molecule has 0 saturated carbocycles. The van der Waals surface area contributed by atoms with E-state index >= 15 is 0 Å². The fourth-order valence-electron chi connectivity index (χ4n) is 3.14. The zero-order chi connectivity index (χ0) is 18.5. The Kier molecular flexibility index (Phi) is 3.95. The van der Waals surface area contributed by atoms with E-state index in [1.807, 2.05) is 31.2 Å². The number of rotatable bonds is 2. The summed E-state index contributed by atoms with van der Waals surface area (Å²) in [4.78, 5) is 0. The molecule has 3 aromatic rings. The van der Waals surface area contributed by atoms with Gasteiger partial charge in [-0.15, -0.1) is 0 Å². The Hall–Kier alpha value is -2.47. The first kappa shape index (κ1) is 17.0. The highest BCUT2D eigenvalue weighted by Crippen LogP contribution is 2.38. The summed E-state index contributed by atoms with van der Waals surface area (Å²) in [6.07, 6.45) is -3.68. The Morgan fingerprint density at radius 1 is 1.12 bits per heavy atom. The third-order valence-electron chi connectivity index (χ3n) is 4.48. The van der Waals surface area contributed by atoms with Crippen molar-refractivity contribution in [2.45, 2.75) is 19.5 Å². The molecule has 0 amide bonds. The van der Waals surface area contributed by atoms with Gasteiger partial charge in [-0.25, -0.2) is 4.68 Å². The van der Waals surface area contributed by atoms with Crippen LogP contribution in [0.15, 0.2) is 42.5 Å². The van der Waals surface area contributed by atoms with Gasteiger partial charge in [0.15, 0.2) is 0 Å². The predicted octanol–water partition coefficient (Wildman–Crippen LogP) is 5.49. The molecule has 2 heterocycles. The smallest absolute Gasteiger partial charge is 0.369 e. The van der Waals surface area contributed by atoms with Crippen LogP contribution >= 0.6 is 11.6 Å². The second-order valence-corrected chi connectivity index (χ2v) is 6.70. The number of nitrogens with zero attached hydrogens (tertiary/aromatic N) is 2. The molecule has 3 nitrogen and oxygen atoms in total. The fraction of sp³-hybridized carbons (Fsp3) is 0.211. The lowest BCUT2D eigenvalue weighted by Gasteiger charge is -2.12. The molecule has 0 spiro atoms. The van der Waals surface area contributed by atoms with Crippen molar-refractivity contribution in [1.29, 1.82) is 0 Å². The van der Waals surface area contributed by atoms with Gasteiger partial charge in [-0.2, -0.15) is 18.3 Å². The summed E-state index contributed by atoms with van der Waals surface area (Å²) in [6.45, 7) is 2.71. The van der Waals surface area contributed by atoms with Gasteiger partial charge in [0.25, 0.3) is 0 Å². The van der Waals surface area contributed by atoms with Gasteiger partial charge >= 0.3 is 6.18 Å². The van der Waals surface area contributed by atoms with E-state index in [9.17, 15) is 13.2 Å². The Labute approximate surface area is 153 Å². The number of alkyl halides is 3. The van der Waals surface area contributed by atoms with Gasteiger partial charge in [-0.3, -0.25) is 0 Å². The van der Waals surface area contributed by atoms with Crippen LogP contribution in [0.3, 0.4) is 0 Å². The van der Waals surface area contributed by atoms with Gasteiger partial charge in [0.1, 0.15) is 5.82 Å². The second-order valence-electron chi connectivity index (χ2n) is 6.29. The molecule has 4 rings (SSSR count). The number of aromatic nitrogens is 2. The zero-order valence-electron chi connectivity index (χ0n) is 13.9. The minimum Gasteiger partial charge on any atom is -0.369 e. The third-order valence-corrected chi connectivity index (χ3v) is 4.80. The number of hydrogen-bond acceptors (Lipinski definition) is 2. The second kappa shape index (κ2) is 6.06. The molecular weight excluding hydrogens is 363 g/mol. The molecular formula is C19H15ClF3N3. The van der Waals surface area contributed by atoms with Gasteiger partial charge in [0.05, 0.1) is 22.0 Å². The lowest BCUT2D eigenvalue weighted by atomic mass is 10.1. The Morgan fingerprint density at radius 3 is 2.54 bits per heavy atom. The number of benzene rings is 2. The van der Waals surface area contributed by atoms with E-state index in [0.717, 1.165) is 40.9 Å². The largest absolute Gasteiger partial charge is 0.416 e. The topological polar surface area (TPSA) is 29.9 Å². The SMILES string of the molecule is Cc1ccc(-c2nn(-c3cc(C(F)(F)F)ccc3Cl)c3c2CCN3)cc1. The van der Waals surface area contributed by atoms with Crippen molar-refractivity contribution in [3.8, 4) is 16.9 Å². The number of nitrogens with one attached hydrogen (secondary N) is 1. The Balaban J connectivity index is 1.89. The number of fused-ring (bicyclic) bond motifs is 1. The molecule has 1 aliphatic rings. The molecule has 134 valence electrons. The molecule has 0 aliphatic carbocycles. The van der Waals surface area contributed by atoms with Gasteiger partial charge in [0, 0.05) is 17.7 Å². The summed E-state index contributed by atoms with van der Waals surface area (Å²) in [5.41, 5.74) is 3.27. The Bertz CT molecular complexity index is 975. The van der Waals surface area contributed by atoms with E-state index in [1.54, 1.807) is 0 Å². The van der Waals surface area contributed by atoms with E-state index in [-0.39, 0.29) is 10.7 Å². The van der Waals surface area contributed by atoms with Crippen LogP contribution in [0.2, 0.25) is 5.02 Å². The van der Waals surface area contributed by atoms with Crippen LogP contribution in [0.4, 0.5) is 19.0 Å². The monoisotopic (exact) mass is 377 g/mol. The molecule has 0 bridgehead atoms. The van der Waals surface area contributed by atoms with Gasteiger partial charge in [-0.05, 0) is 31.5 Å². The van der Waals surface area contributed by atoms with Crippen molar-refractivity contribution in [3.63, 3.8) is 0 Å². The normalized spacial score (nSPS) is 13.6. The molecule has 0 fully saturated rings. The van der Waals surface area contributed by atoms with Gasteiger partial charge in [-0.1, -0.05) is 41.4 Å². The number of halogens is 4. The summed E-state index contributed by atoms with van der Waals surface area (Å²) in [5.74, 6) is 0.696. The molecule has 1 aliphatic heterocycles. The van der Waals surface area contributed by atoms with Crippen molar-refractivity contribution in [3.05, 3.63) is 64.2 Å². The molecule has 1 N–H and O–H groups in total. The number of aryl methyl sites for hydroxylation is 1. The minimum atomic E-state index is -4.44. The molecule has 7 heteroatoms. The average molecular weight is 378 g/mol. The summed E-state index contributed by atoms with van der Waals surface area (Å²) in [7, 11) is 0. The summed E-state index contributed by atoms with van der Waals surface area (Å²) >= 11 is 6.20. The van der Waals surface area contributed by atoms with E-state index in [4.69, 9.17) is 11.6 Å². The van der Waals surface area contributed by atoms with Crippen molar-refractivity contribution in [2.75, 3.05) is 11.9 Å².